The third-order valence-corrected chi connectivity index (χ3v) is 1.61. The second-order valence-corrected chi connectivity index (χ2v) is 2.48. The molecule has 1 saturated heterocycles. The van der Waals surface area contributed by atoms with Crippen molar-refractivity contribution in [3.8, 4) is 0 Å². The summed E-state index contributed by atoms with van der Waals surface area (Å²) in [6.45, 7) is 0.976. The Hall–Kier alpha value is -0.840. The molecule has 0 spiro atoms. The Balaban J connectivity index is 2.35. The van der Waals surface area contributed by atoms with Gasteiger partial charge in [0.2, 0.25) is 0 Å². The number of hydrogen-bond donors (Lipinski definition) is 2. The van der Waals surface area contributed by atoms with E-state index in [4.69, 9.17) is 5.73 Å². The molecular formula is C6H11FN2O2. The van der Waals surface area contributed by atoms with Crippen LogP contribution in [0.25, 0.3) is 0 Å². The van der Waals surface area contributed by atoms with Crippen LogP contribution in [-0.2, 0) is 4.74 Å². The predicted molar refractivity (Wildman–Crippen MR) is 36.8 cm³/mol. The molecular weight excluding hydrogens is 151 g/mol. The molecule has 1 fully saturated rings. The number of nitrogens with one attached hydrogen (secondary N) is 1. The van der Waals surface area contributed by atoms with E-state index in [1.807, 2.05) is 0 Å². The van der Waals surface area contributed by atoms with Gasteiger partial charge in [0.25, 0.3) is 0 Å². The van der Waals surface area contributed by atoms with E-state index in [1.54, 1.807) is 0 Å². The Morgan fingerprint density at radius 2 is 2.45 bits per heavy atom. The zero-order valence-corrected chi connectivity index (χ0v) is 6.05. The van der Waals surface area contributed by atoms with Crippen LogP contribution in [0.15, 0.2) is 0 Å². The smallest absolute Gasteiger partial charge is 0.404 e. The number of nitrogens with two attached hydrogens (primary N) is 1. The van der Waals surface area contributed by atoms with Crippen LogP contribution in [0.4, 0.5) is 9.18 Å². The first kappa shape index (κ1) is 8.26. The van der Waals surface area contributed by atoms with Crippen LogP contribution in [0.3, 0.4) is 0 Å². The third-order valence-electron chi connectivity index (χ3n) is 1.61. The van der Waals surface area contributed by atoms with Crippen molar-refractivity contribution in [1.82, 2.24) is 5.32 Å². The summed E-state index contributed by atoms with van der Waals surface area (Å²) in [4.78, 5) is 10.2. The lowest BCUT2D eigenvalue weighted by molar-refractivity contribution is 0.0335. The molecule has 0 aromatic heterocycles. The van der Waals surface area contributed by atoms with Gasteiger partial charge in [-0.2, -0.15) is 0 Å². The minimum absolute atomic E-state index is 0.351. The maximum atomic E-state index is 12.8. The molecule has 0 unspecified atom stereocenters. The van der Waals surface area contributed by atoms with Crippen molar-refractivity contribution in [3.63, 3.8) is 0 Å². The molecule has 5 heteroatoms. The number of alkyl halides is 1. The molecule has 3 N–H and O–H groups in total. The van der Waals surface area contributed by atoms with Gasteiger partial charge in [0.1, 0.15) is 12.3 Å². The Morgan fingerprint density at radius 3 is 3.00 bits per heavy atom. The number of hydrogen-bond acceptors (Lipinski definition) is 3. The fourth-order valence-electron chi connectivity index (χ4n) is 1.06. The number of ether oxygens (including phenoxy) is 1. The first-order valence-electron chi connectivity index (χ1n) is 3.51. The van der Waals surface area contributed by atoms with Gasteiger partial charge in [-0.15, -0.1) is 0 Å². The summed E-state index contributed by atoms with van der Waals surface area (Å²) < 4.78 is 17.3. The molecule has 1 rings (SSSR count). The van der Waals surface area contributed by atoms with Gasteiger partial charge in [-0.1, -0.05) is 0 Å². The quantitative estimate of drug-likeness (QED) is 0.560. The first-order chi connectivity index (χ1) is 5.20. The van der Waals surface area contributed by atoms with Crippen molar-refractivity contribution < 1.29 is 13.9 Å². The van der Waals surface area contributed by atoms with Crippen LogP contribution in [0, 0.1) is 0 Å². The lowest BCUT2D eigenvalue weighted by atomic mass is 10.1. The van der Waals surface area contributed by atoms with Gasteiger partial charge in [-0.25, -0.2) is 9.18 Å². The normalized spacial score (nSPS) is 31.4. The maximum Gasteiger partial charge on any atom is 0.404 e. The summed E-state index contributed by atoms with van der Waals surface area (Å²) >= 11 is 0. The molecule has 1 aliphatic rings. The Bertz CT molecular complexity index is 154. The molecule has 0 saturated carbocycles. The number of piperidine rings is 1. The first-order valence-corrected chi connectivity index (χ1v) is 3.51. The Morgan fingerprint density at radius 1 is 1.73 bits per heavy atom. The largest absolute Gasteiger partial charge is 0.442 e. The van der Waals surface area contributed by atoms with E-state index in [0.29, 0.717) is 19.5 Å². The monoisotopic (exact) mass is 162 g/mol. The molecule has 0 radical (unpaired) electrons. The third kappa shape index (κ3) is 2.34. The average molecular weight is 162 g/mol. The van der Waals surface area contributed by atoms with Crippen molar-refractivity contribution in [1.29, 1.82) is 0 Å². The van der Waals surface area contributed by atoms with E-state index in [0.717, 1.165) is 0 Å². The van der Waals surface area contributed by atoms with Crippen molar-refractivity contribution in [2.45, 2.75) is 18.7 Å². The molecule has 4 nitrogen and oxygen atoms in total. The summed E-state index contributed by atoms with van der Waals surface area (Å²) in [5.74, 6) is 0. The standard InChI is InChI=1S/C6H11FN2O2/c7-4-1-2-9-3-5(4)11-6(8)10/h4-5,9H,1-3H2,(H2,8,10)/t4-,5-/m1/s1. The topological polar surface area (TPSA) is 64.4 Å². The molecule has 0 aliphatic carbocycles. The van der Waals surface area contributed by atoms with E-state index in [2.05, 4.69) is 10.1 Å². The number of primary amides is 1. The summed E-state index contributed by atoms with van der Waals surface area (Å²) in [5.41, 5.74) is 4.73. The van der Waals surface area contributed by atoms with Crippen molar-refractivity contribution >= 4 is 6.09 Å². The van der Waals surface area contributed by atoms with Gasteiger partial charge in [0.05, 0.1) is 0 Å². The molecule has 1 amide bonds. The van der Waals surface area contributed by atoms with E-state index >= 15 is 0 Å². The zero-order chi connectivity index (χ0) is 8.27. The summed E-state index contributed by atoms with van der Waals surface area (Å²) in [5, 5.41) is 2.90. The second kappa shape index (κ2) is 3.52. The second-order valence-electron chi connectivity index (χ2n) is 2.48. The molecule has 1 heterocycles. The van der Waals surface area contributed by atoms with Crippen molar-refractivity contribution in [2.75, 3.05) is 13.1 Å². The summed E-state index contributed by atoms with van der Waals surface area (Å²) in [7, 11) is 0. The number of amides is 1. The fourth-order valence-corrected chi connectivity index (χ4v) is 1.06. The number of carbonyl (C=O) groups is 1. The van der Waals surface area contributed by atoms with Gasteiger partial charge in [0, 0.05) is 6.54 Å². The van der Waals surface area contributed by atoms with E-state index in [1.165, 1.54) is 0 Å². The molecule has 64 valence electrons. The molecule has 1 aliphatic heterocycles. The van der Waals surface area contributed by atoms with Crippen LogP contribution in [0.5, 0.6) is 0 Å². The number of carbonyl (C=O) groups excluding carboxylic acids is 1. The van der Waals surface area contributed by atoms with Gasteiger partial charge in [0.15, 0.2) is 0 Å². The van der Waals surface area contributed by atoms with Gasteiger partial charge >= 0.3 is 6.09 Å². The minimum Gasteiger partial charge on any atom is -0.442 e. The lowest BCUT2D eigenvalue weighted by Crippen LogP contribution is -2.45. The number of rotatable bonds is 1. The molecule has 0 aromatic rings. The lowest BCUT2D eigenvalue weighted by Gasteiger charge is -2.25. The highest BCUT2D eigenvalue weighted by atomic mass is 19.1. The van der Waals surface area contributed by atoms with Gasteiger partial charge in [-0.05, 0) is 13.0 Å². The summed E-state index contributed by atoms with van der Waals surface area (Å²) in [6, 6.07) is 0. The van der Waals surface area contributed by atoms with Crippen molar-refractivity contribution in [3.05, 3.63) is 0 Å². The highest BCUT2D eigenvalue weighted by Gasteiger charge is 2.26. The molecule has 11 heavy (non-hydrogen) atoms. The molecule has 0 aromatic carbocycles. The van der Waals surface area contributed by atoms with Crippen LogP contribution in [0.1, 0.15) is 6.42 Å². The van der Waals surface area contributed by atoms with Crippen LogP contribution < -0.4 is 11.1 Å². The maximum absolute atomic E-state index is 12.8. The Labute approximate surface area is 63.9 Å². The SMILES string of the molecule is NC(=O)O[C@@H]1CNCC[C@H]1F. The highest BCUT2D eigenvalue weighted by Crippen LogP contribution is 2.10. The van der Waals surface area contributed by atoms with E-state index in [-0.39, 0.29) is 0 Å². The fraction of sp³-hybridized carbons (Fsp3) is 0.833. The van der Waals surface area contributed by atoms with Crippen molar-refractivity contribution in [2.24, 2.45) is 5.73 Å². The van der Waals surface area contributed by atoms with Crippen LogP contribution in [0.2, 0.25) is 0 Å². The van der Waals surface area contributed by atoms with E-state index in [9.17, 15) is 9.18 Å². The zero-order valence-electron chi connectivity index (χ0n) is 6.05. The predicted octanol–water partition coefficient (Wildman–Crippen LogP) is -0.218. The Kier molecular flexibility index (Phi) is 2.64. The van der Waals surface area contributed by atoms with Crippen LogP contribution >= 0.6 is 0 Å². The minimum atomic E-state index is -1.08. The van der Waals surface area contributed by atoms with Gasteiger partial charge < -0.3 is 15.8 Å². The number of halogens is 1. The van der Waals surface area contributed by atoms with E-state index < -0.39 is 18.4 Å². The average Bonchev–Trinajstić information content (AvgIpc) is 1.93. The summed E-state index contributed by atoms with van der Waals surface area (Å²) in [6.07, 6.45) is -2.33. The van der Waals surface area contributed by atoms with Gasteiger partial charge in [-0.3, -0.25) is 0 Å². The highest BCUT2D eigenvalue weighted by molar-refractivity contribution is 5.64. The van der Waals surface area contributed by atoms with Crippen LogP contribution in [-0.4, -0.2) is 31.5 Å². The molecule has 2 atom stereocenters. The molecule has 0 bridgehead atoms.